The first-order valence-corrected chi connectivity index (χ1v) is 8.04. The number of rotatable bonds is 6. The number of ether oxygens (including phenoxy) is 1. The third-order valence-corrected chi connectivity index (χ3v) is 4.58. The van der Waals surface area contributed by atoms with Crippen LogP contribution in [0.5, 0.6) is 0 Å². The first kappa shape index (κ1) is 15.5. The van der Waals surface area contributed by atoms with Crippen LogP contribution in [0.1, 0.15) is 37.6 Å². The van der Waals surface area contributed by atoms with E-state index in [2.05, 4.69) is 50.4 Å². The summed E-state index contributed by atoms with van der Waals surface area (Å²) >= 11 is 1.87. The van der Waals surface area contributed by atoms with E-state index in [0.29, 0.717) is 5.41 Å². The van der Waals surface area contributed by atoms with Crippen LogP contribution in [0.2, 0.25) is 0 Å². The summed E-state index contributed by atoms with van der Waals surface area (Å²) < 4.78 is 7.28. The molecule has 1 aromatic heterocycles. The van der Waals surface area contributed by atoms with Crippen LogP contribution in [0.25, 0.3) is 10.1 Å². The lowest BCUT2D eigenvalue weighted by atomic mass is 9.93. The molecule has 20 heavy (non-hydrogen) atoms. The van der Waals surface area contributed by atoms with Gasteiger partial charge in [-0.25, -0.2) is 0 Å². The first-order chi connectivity index (χ1) is 9.51. The molecule has 0 aliphatic rings. The van der Waals surface area contributed by atoms with Gasteiger partial charge in [-0.1, -0.05) is 39.0 Å². The Labute approximate surface area is 126 Å². The van der Waals surface area contributed by atoms with Crippen molar-refractivity contribution in [2.45, 2.75) is 40.3 Å². The van der Waals surface area contributed by atoms with Gasteiger partial charge in [-0.2, -0.15) is 0 Å². The van der Waals surface area contributed by atoms with Crippen molar-refractivity contribution in [2.75, 3.05) is 13.7 Å². The highest BCUT2D eigenvalue weighted by molar-refractivity contribution is 7.19. The standard InChI is InChI=1S/C17H25NOS/c1-17(2,3)9-10-19-12-14-13-7-5-6-8-15(13)20-16(14)11-18-4/h5-8,18H,9-12H2,1-4H3. The number of hydrogen-bond acceptors (Lipinski definition) is 3. The highest BCUT2D eigenvalue weighted by atomic mass is 32.1. The van der Waals surface area contributed by atoms with E-state index >= 15 is 0 Å². The summed E-state index contributed by atoms with van der Waals surface area (Å²) in [5.74, 6) is 0. The Morgan fingerprint density at radius 1 is 1.20 bits per heavy atom. The summed E-state index contributed by atoms with van der Waals surface area (Å²) in [5.41, 5.74) is 1.69. The van der Waals surface area contributed by atoms with Crippen LogP contribution in [-0.4, -0.2) is 13.7 Å². The second-order valence-electron chi connectivity index (χ2n) is 6.39. The van der Waals surface area contributed by atoms with Crippen molar-refractivity contribution in [1.82, 2.24) is 5.32 Å². The van der Waals surface area contributed by atoms with Gasteiger partial charge in [0, 0.05) is 28.3 Å². The molecule has 1 N–H and O–H groups in total. The number of benzene rings is 1. The second-order valence-corrected chi connectivity index (χ2v) is 7.53. The molecule has 110 valence electrons. The van der Waals surface area contributed by atoms with Gasteiger partial charge < -0.3 is 10.1 Å². The summed E-state index contributed by atoms with van der Waals surface area (Å²) in [6.45, 7) is 9.22. The van der Waals surface area contributed by atoms with Crippen molar-refractivity contribution in [1.29, 1.82) is 0 Å². The molecule has 0 aliphatic heterocycles. The van der Waals surface area contributed by atoms with Crippen molar-refractivity contribution in [3.63, 3.8) is 0 Å². The van der Waals surface area contributed by atoms with Crippen LogP contribution in [0.3, 0.4) is 0 Å². The highest BCUT2D eigenvalue weighted by Gasteiger charge is 2.13. The quantitative estimate of drug-likeness (QED) is 0.787. The Balaban J connectivity index is 2.09. The zero-order valence-corrected chi connectivity index (χ0v) is 13.8. The van der Waals surface area contributed by atoms with Gasteiger partial charge >= 0.3 is 0 Å². The molecule has 0 aliphatic carbocycles. The number of thiophene rings is 1. The SMILES string of the molecule is CNCc1sc2ccccc2c1COCCC(C)(C)C. The molecule has 0 atom stereocenters. The van der Waals surface area contributed by atoms with Crippen molar-refractivity contribution < 1.29 is 4.74 Å². The Morgan fingerprint density at radius 3 is 2.65 bits per heavy atom. The highest BCUT2D eigenvalue weighted by Crippen LogP contribution is 2.32. The molecule has 0 fully saturated rings. The number of fused-ring (bicyclic) bond motifs is 1. The van der Waals surface area contributed by atoms with Gasteiger partial charge in [0.2, 0.25) is 0 Å². The van der Waals surface area contributed by atoms with Crippen LogP contribution in [0.4, 0.5) is 0 Å². The van der Waals surface area contributed by atoms with E-state index in [1.807, 2.05) is 18.4 Å². The van der Waals surface area contributed by atoms with E-state index in [9.17, 15) is 0 Å². The lowest BCUT2D eigenvalue weighted by molar-refractivity contribution is 0.0967. The van der Waals surface area contributed by atoms with E-state index in [1.165, 1.54) is 20.5 Å². The molecular weight excluding hydrogens is 266 g/mol. The van der Waals surface area contributed by atoms with Crippen LogP contribution in [0.15, 0.2) is 24.3 Å². The average Bonchev–Trinajstić information content (AvgIpc) is 2.72. The fourth-order valence-electron chi connectivity index (χ4n) is 2.16. The Kier molecular flexibility index (Phi) is 5.19. The smallest absolute Gasteiger partial charge is 0.0734 e. The summed E-state index contributed by atoms with van der Waals surface area (Å²) in [5, 5.41) is 4.60. The van der Waals surface area contributed by atoms with Crippen LogP contribution < -0.4 is 5.32 Å². The van der Waals surface area contributed by atoms with E-state index < -0.39 is 0 Å². The van der Waals surface area contributed by atoms with Crippen molar-refractivity contribution in [3.05, 3.63) is 34.7 Å². The third-order valence-electron chi connectivity index (χ3n) is 3.36. The Hall–Kier alpha value is -0.900. The maximum atomic E-state index is 5.93. The zero-order valence-electron chi connectivity index (χ0n) is 13.0. The van der Waals surface area contributed by atoms with Gasteiger partial charge in [0.25, 0.3) is 0 Å². The largest absolute Gasteiger partial charge is 0.377 e. The van der Waals surface area contributed by atoms with Crippen LogP contribution >= 0.6 is 11.3 Å². The monoisotopic (exact) mass is 291 g/mol. The topological polar surface area (TPSA) is 21.3 Å². The predicted molar refractivity (Wildman–Crippen MR) is 88.3 cm³/mol. The lowest BCUT2D eigenvalue weighted by Crippen LogP contribution is -2.10. The second kappa shape index (κ2) is 6.70. The normalized spacial score (nSPS) is 12.2. The van der Waals surface area contributed by atoms with Crippen molar-refractivity contribution in [3.8, 4) is 0 Å². The van der Waals surface area contributed by atoms with Crippen molar-refractivity contribution in [2.24, 2.45) is 5.41 Å². The molecule has 0 radical (unpaired) electrons. The molecule has 0 unspecified atom stereocenters. The minimum atomic E-state index is 0.338. The lowest BCUT2D eigenvalue weighted by Gasteiger charge is -2.17. The third kappa shape index (κ3) is 4.05. The summed E-state index contributed by atoms with van der Waals surface area (Å²) in [6.07, 6.45) is 1.09. The average molecular weight is 291 g/mol. The first-order valence-electron chi connectivity index (χ1n) is 7.23. The van der Waals surface area contributed by atoms with E-state index in [-0.39, 0.29) is 0 Å². The molecule has 0 spiro atoms. The molecular formula is C17H25NOS. The fourth-order valence-corrected chi connectivity index (χ4v) is 3.39. The summed E-state index contributed by atoms with van der Waals surface area (Å²) in [7, 11) is 1.99. The van der Waals surface area contributed by atoms with Gasteiger partial charge in [0.05, 0.1) is 6.61 Å². The van der Waals surface area contributed by atoms with Gasteiger partial charge in [0.15, 0.2) is 0 Å². The Morgan fingerprint density at radius 2 is 1.95 bits per heavy atom. The molecule has 2 nitrogen and oxygen atoms in total. The van der Waals surface area contributed by atoms with E-state index in [0.717, 1.165) is 26.2 Å². The van der Waals surface area contributed by atoms with Crippen molar-refractivity contribution >= 4 is 21.4 Å². The number of nitrogens with one attached hydrogen (secondary N) is 1. The molecule has 3 heteroatoms. The molecule has 0 amide bonds. The minimum absolute atomic E-state index is 0.338. The predicted octanol–water partition coefficient (Wildman–Crippen LogP) is 4.57. The zero-order chi connectivity index (χ0) is 14.6. The maximum absolute atomic E-state index is 5.93. The molecule has 0 saturated heterocycles. The van der Waals surface area contributed by atoms with Gasteiger partial charge in [-0.15, -0.1) is 11.3 Å². The Bertz CT molecular complexity index is 554. The van der Waals surface area contributed by atoms with Gasteiger partial charge in [-0.05, 0) is 30.3 Å². The van der Waals surface area contributed by atoms with Gasteiger partial charge in [0.1, 0.15) is 0 Å². The molecule has 0 saturated carbocycles. The molecule has 2 rings (SSSR count). The maximum Gasteiger partial charge on any atom is 0.0734 e. The van der Waals surface area contributed by atoms with Crippen LogP contribution in [0, 0.1) is 5.41 Å². The van der Waals surface area contributed by atoms with E-state index in [4.69, 9.17) is 4.74 Å². The molecule has 1 heterocycles. The molecule has 0 bridgehead atoms. The number of hydrogen-bond donors (Lipinski definition) is 1. The minimum Gasteiger partial charge on any atom is -0.377 e. The molecule has 1 aromatic carbocycles. The van der Waals surface area contributed by atoms with Gasteiger partial charge in [-0.3, -0.25) is 0 Å². The summed E-state index contributed by atoms with van der Waals surface area (Å²) in [6, 6.07) is 8.61. The fraction of sp³-hybridized carbons (Fsp3) is 0.529. The summed E-state index contributed by atoms with van der Waals surface area (Å²) in [4.78, 5) is 1.39. The van der Waals surface area contributed by atoms with Crippen LogP contribution in [-0.2, 0) is 17.9 Å². The van der Waals surface area contributed by atoms with E-state index in [1.54, 1.807) is 0 Å². The molecule has 2 aromatic rings.